The van der Waals surface area contributed by atoms with Crippen molar-refractivity contribution in [2.24, 2.45) is 0 Å². The summed E-state index contributed by atoms with van der Waals surface area (Å²) in [6, 6.07) is 3.51. The molecule has 19 heavy (non-hydrogen) atoms. The van der Waals surface area contributed by atoms with Crippen LogP contribution >= 0.6 is 23.2 Å². The first-order valence-electron chi connectivity index (χ1n) is 6.26. The minimum Gasteiger partial charge on any atom is -0.459 e. The van der Waals surface area contributed by atoms with Crippen LogP contribution in [0.1, 0.15) is 24.7 Å². The summed E-state index contributed by atoms with van der Waals surface area (Å²) in [5.74, 6) is 0.856. The third-order valence-corrected chi connectivity index (χ3v) is 3.41. The van der Waals surface area contributed by atoms with Crippen LogP contribution in [0.25, 0.3) is 11.0 Å². The summed E-state index contributed by atoms with van der Waals surface area (Å²) in [6.07, 6.45) is 1.08. The molecule has 0 saturated carbocycles. The fourth-order valence-electron chi connectivity index (χ4n) is 2.08. The van der Waals surface area contributed by atoms with E-state index in [9.17, 15) is 0 Å². The number of nitrogens with one attached hydrogen (secondary N) is 1. The molecule has 2 aromatic rings. The van der Waals surface area contributed by atoms with Gasteiger partial charge in [-0.1, -0.05) is 30.1 Å². The highest BCUT2D eigenvalue weighted by Gasteiger charge is 2.17. The first-order valence-corrected chi connectivity index (χ1v) is 7.02. The van der Waals surface area contributed by atoms with Crippen molar-refractivity contribution in [1.82, 2.24) is 5.32 Å². The van der Waals surface area contributed by atoms with Gasteiger partial charge in [0.05, 0.1) is 18.2 Å². The van der Waals surface area contributed by atoms with Gasteiger partial charge in [-0.05, 0) is 19.0 Å². The van der Waals surface area contributed by atoms with Crippen molar-refractivity contribution in [2.75, 3.05) is 13.7 Å². The number of fused-ring (bicyclic) bond motifs is 1. The second-order valence-electron chi connectivity index (χ2n) is 4.37. The molecule has 5 heteroatoms. The maximum atomic E-state index is 6.26. The van der Waals surface area contributed by atoms with Crippen LogP contribution in [0.15, 0.2) is 16.5 Å². The van der Waals surface area contributed by atoms with Gasteiger partial charge in [0.1, 0.15) is 11.3 Å². The van der Waals surface area contributed by atoms with Crippen molar-refractivity contribution >= 4 is 34.2 Å². The minimum absolute atomic E-state index is 0.470. The molecular formula is C14H17Cl2NO2. The Bertz CT molecular complexity index is 566. The molecule has 3 nitrogen and oxygen atoms in total. The van der Waals surface area contributed by atoms with Crippen LogP contribution in [0.2, 0.25) is 10.0 Å². The molecule has 2 rings (SSSR count). The molecule has 0 amide bonds. The van der Waals surface area contributed by atoms with Gasteiger partial charge in [0.2, 0.25) is 0 Å². The summed E-state index contributed by atoms with van der Waals surface area (Å²) in [5, 5.41) is 5.38. The first-order chi connectivity index (χ1) is 9.17. The molecule has 1 heterocycles. The lowest BCUT2D eigenvalue weighted by Crippen LogP contribution is -2.14. The van der Waals surface area contributed by atoms with Gasteiger partial charge in [0, 0.05) is 29.1 Å². The molecule has 0 aliphatic carbocycles. The molecule has 0 fully saturated rings. The van der Waals surface area contributed by atoms with Crippen molar-refractivity contribution in [1.29, 1.82) is 0 Å². The molecule has 0 unspecified atom stereocenters. The molecule has 0 atom stereocenters. The fourth-order valence-corrected chi connectivity index (χ4v) is 2.66. The zero-order chi connectivity index (χ0) is 13.8. The van der Waals surface area contributed by atoms with Crippen LogP contribution in [0.5, 0.6) is 0 Å². The molecule has 0 aliphatic rings. The van der Waals surface area contributed by atoms with Gasteiger partial charge in [-0.25, -0.2) is 0 Å². The van der Waals surface area contributed by atoms with Gasteiger partial charge in [-0.15, -0.1) is 0 Å². The highest BCUT2D eigenvalue weighted by molar-refractivity contribution is 6.38. The quantitative estimate of drug-likeness (QED) is 0.804. The Hall–Kier alpha value is -0.740. The number of methoxy groups -OCH3 is 1. The van der Waals surface area contributed by atoms with Crippen molar-refractivity contribution in [3.63, 3.8) is 0 Å². The third kappa shape index (κ3) is 3.23. The molecule has 1 aromatic heterocycles. The van der Waals surface area contributed by atoms with E-state index in [1.165, 1.54) is 0 Å². The average Bonchev–Trinajstić information content (AvgIpc) is 2.68. The predicted octanol–water partition coefficient (Wildman–Crippen LogP) is 4.39. The Labute approximate surface area is 122 Å². The number of hydrogen-bond donors (Lipinski definition) is 1. The maximum Gasteiger partial charge on any atom is 0.137 e. The highest BCUT2D eigenvalue weighted by atomic mass is 35.5. The van der Waals surface area contributed by atoms with E-state index in [4.69, 9.17) is 32.4 Å². The third-order valence-electron chi connectivity index (χ3n) is 2.89. The van der Waals surface area contributed by atoms with Gasteiger partial charge in [-0.3, -0.25) is 0 Å². The van der Waals surface area contributed by atoms with E-state index >= 15 is 0 Å². The normalized spacial score (nSPS) is 11.4. The van der Waals surface area contributed by atoms with Crippen molar-refractivity contribution in [3.8, 4) is 0 Å². The zero-order valence-electron chi connectivity index (χ0n) is 11.1. The number of halogens is 2. The van der Waals surface area contributed by atoms with E-state index in [0.717, 1.165) is 29.7 Å². The minimum atomic E-state index is 0.470. The molecular weight excluding hydrogens is 285 g/mol. The Kier molecular flexibility index (Phi) is 5.11. The number of furan rings is 1. The average molecular weight is 302 g/mol. The van der Waals surface area contributed by atoms with Gasteiger partial charge in [0.15, 0.2) is 0 Å². The van der Waals surface area contributed by atoms with E-state index in [0.29, 0.717) is 28.8 Å². The summed E-state index contributed by atoms with van der Waals surface area (Å²) >= 11 is 12.3. The largest absolute Gasteiger partial charge is 0.459 e. The van der Waals surface area contributed by atoms with Gasteiger partial charge in [-0.2, -0.15) is 0 Å². The molecule has 1 N–H and O–H groups in total. The molecule has 0 spiro atoms. The zero-order valence-corrected chi connectivity index (χ0v) is 12.6. The Morgan fingerprint density at radius 1 is 1.32 bits per heavy atom. The highest BCUT2D eigenvalue weighted by Crippen LogP contribution is 2.35. The maximum absolute atomic E-state index is 6.26. The lowest BCUT2D eigenvalue weighted by molar-refractivity contribution is 0.183. The second-order valence-corrected chi connectivity index (χ2v) is 5.22. The van der Waals surface area contributed by atoms with Crippen molar-refractivity contribution in [2.45, 2.75) is 26.5 Å². The van der Waals surface area contributed by atoms with E-state index in [1.54, 1.807) is 19.2 Å². The van der Waals surface area contributed by atoms with Crippen LogP contribution in [0.4, 0.5) is 0 Å². The van der Waals surface area contributed by atoms with Crippen molar-refractivity contribution < 1.29 is 9.15 Å². The second kappa shape index (κ2) is 6.62. The molecule has 0 aliphatic heterocycles. The van der Waals surface area contributed by atoms with E-state index in [2.05, 4.69) is 12.2 Å². The monoisotopic (exact) mass is 301 g/mol. The fraction of sp³-hybridized carbons (Fsp3) is 0.429. The van der Waals surface area contributed by atoms with E-state index in [1.807, 2.05) is 0 Å². The first kappa shape index (κ1) is 14.7. The Balaban J connectivity index is 2.44. The Morgan fingerprint density at radius 3 is 2.79 bits per heavy atom. The van der Waals surface area contributed by atoms with Gasteiger partial charge >= 0.3 is 0 Å². The lowest BCUT2D eigenvalue weighted by Gasteiger charge is -2.04. The van der Waals surface area contributed by atoms with E-state index < -0.39 is 0 Å². The molecule has 0 radical (unpaired) electrons. The van der Waals surface area contributed by atoms with Gasteiger partial charge in [0.25, 0.3) is 0 Å². The van der Waals surface area contributed by atoms with E-state index in [-0.39, 0.29) is 0 Å². The summed E-state index contributed by atoms with van der Waals surface area (Å²) < 4.78 is 11.1. The summed E-state index contributed by atoms with van der Waals surface area (Å²) in [5.41, 5.74) is 1.70. The van der Waals surface area contributed by atoms with Crippen molar-refractivity contribution in [3.05, 3.63) is 33.5 Å². The predicted molar refractivity (Wildman–Crippen MR) is 78.9 cm³/mol. The van der Waals surface area contributed by atoms with Crippen LogP contribution in [-0.2, 0) is 17.9 Å². The smallest absolute Gasteiger partial charge is 0.137 e. The molecule has 104 valence electrons. The summed E-state index contributed by atoms with van der Waals surface area (Å²) in [6.45, 7) is 4.20. The number of hydrogen-bond acceptors (Lipinski definition) is 3. The summed E-state index contributed by atoms with van der Waals surface area (Å²) in [7, 11) is 1.66. The SMILES string of the molecule is CCCNCc1oc2cc(Cl)cc(Cl)c2c1COC. The van der Waals surface area contributed by atoms with Crippen LogP contribution in [-0.4, -0.2) is 13.7 Å². The number of rotatable bonds is 6. The molecule has 1 aromatic carbocycles. The molecule has 0 saturated heterocycles. The summed E-state index contributed by atoms with van der Waals surface area (Å²) in [4.78, 5) is 0. The molecule has 0 bridgehead atoms. The Morgan fingerprint density at radius 2 is 2.11 bits per heavy atom. The van der Waals surface area contributed by atoms with Gasteiger partial charge < -0.3 is 14.5 Å². The topological polar surface area (TPSA) is 34.4 Å². The standard InChI is InChI=1S/C14H17Cl2NO2/c1-3-4-17-7-13-10(8-18-2)14-11(16)5-9(15)6-12(14)19-13/h5-6,17H,3-4,7-8H2,1-2H3. The number of ether oxygens (including phenoxy) is 1. The van der Waals surface area contributed by atoms with Crippen LogP contribution in [0.3, 0.4) is 0 Å². The number of benzene rings is 1. The van der Waals surface area contributed by atoms with Crippen LogP contribution in [0, 0.1) is 0 Å². The lowest BCUT2D eigenvalue weighted by atomic mass is 10.1. The van der Waals surface area contributed by atoms with Crippen LogP contribution < -0.4 is 5.32 Å².